The van der Waals surface area contributed by atoms with Gasteiger partial charge in [0.1, 0.15) is 28.5 Å². The van der Waals surface area contributed by atoms with E-state index in [9.17, 15) is 17.6 Å². The first kappa shape index (κ1) is 18.6. The van der Waals surface area contributed by atoms with Gasteiger partial charge in [0.05, 0.1) is 10.9 Å². The minimum Gasteiger partial charge on any atom is -0.383 e. The Morgan fingerprint density at radius 1 is 1.10 bits per heavy atom. The van der Waals surface area contributed by atoms with Crippen LogP contribution in [0.4, 0.5) is 15.9 Å². The third-order valence-electron chi connectivity index (χ3n) is 4.25. The minimum atomic E-state index is -4.16. The number of benzene rings is 2. The number of carbonyl (C=O) groups is 1. The van der Waals surface area contributed by atoms with Gasteiger partial charge in [-0.3, -0.25) is 9.52 Å². The summed E-state index contributed by atoms with van der Waals surface area (Å²) in [6, 6.07) is 10.9. The zero-order valence-electron chi connectivity index (χ0n) is 14.8. The maximum atomic E-state index is 13.9. The number of nitrogen functional groups attached to an aromatic ring is 1. The summed E-state index contributed by atoms with van der Waals surface area (Å²) < 4.78 is 41.1. The van der Waals surface area contributed by atoms with Gasteiger partial charge in [0.2, 0.25) is 0 Å². The Bertz CT molecular complexity index is 1350. The first-order valence-electron chi connectivity index (χ1n) is 8.36. The lowest BCUT2D eigenvalue weighted by molar-refractivity contribution is 0.104. The van der Waals surface area contributed by atoms with Crippen molar-refractivity contribution in [3.8, 4) is 0 Å². The molecule has 8 nitrogen and oxygen atoms in total. The van der Waals surface area contributed by atoms with Crippen molar-refractivity contribution in [1.29, 1.82) is 0 Å². The van der Waals surface area contributed by atoms with Gasteiger partial charge >= 0.3 is 0 Å². The highest BCUT2D eigenvalue weighted by atomic mass is 32.2. The van der Waals surface area contributed by atoms with Gasteiger partial charge in [0, 0.05) is 17.4 Å². The summed E-state index contributed by atoms with van der Waals surface area (Å²) in [7, 11) is -4.16. The van der Waals surface area contributed by atoms with Crippen LogP contribution >= 0.6 is 0 Å². The van der Waals surface area contributed by atoms with Crippen molar-refractivity contribution in [2.75, 3.05) is 10.5 Å². The van der Waals surface area contributed by atoms with E-state index in [1.807, 2.05) is 0 Å². The number of hydrogen-bond donors (Lipinski definition) is 3. The Hall–Kier alpha value is -3.79. The number of carbonyl (C=O) groups excluding carboxylic acids is 1. The molecule has 2 aromatic carbocycles. The standard InChI is InChI=1S/C19H14FN5O3S/c20-14-6-1-2-7-15(14)29(27,28)25-12-5-3-4-11(8-12)17(26)13-9-22-19-16(13)18(21)23-10-24-19/h1-10,25H,(H3,21,22,23,24). The van der Waals surface area contributed by atoms with E-state index in [0.29, 0.717) is 11.0 Å². The highest BCUT2D eigenvalue weighted by Gasteiger charge is 2.21. The molecular formula is C19H14FN5O3S. The van der Waals surface area contributed by atoms with Gasteiger partial charge < -0.3 is 10.7 Å². The van der Waals surface area contributed by atoms with Crippen molar-refractivity contribution in [3.63, 3.8) is 0 Å². The number of rotatable bonds is 5. The van der Waals surface area contributed by atoms with Crippen LogP contribution in [0.1, 0.15) is 15.9 Å². The Morgan fingerprint density at radius 3 is 2.69 bits per heavy atom. The predicted octanol–water partition coefficient (Wildman–Crippen LogP) is 2.71. The van der Waals surface area contributed by atoms with E-state index in [2.05, 4.69) is 19.7 Å². The van der Waals surface area contributed by atoms with E-state index in [0.717, 1.165) is 12.1 Å². The Labute approximate surface area is 164 Å². The molecule has 4 N–H and O–H groups in total. The Kier molecular flexibility index (Phi) is 4.47. The fourth-order valence-corrected chi connectivity index (χ4v) is 4.05. The fraction of sp³-hybridized carbons (Fsp3) is 0. The summed E-state index contributed by atoms with van der Waals surface area (Å²) in [5.41, 5.74) is 6.85. The molecule has 0 atom stereocenters. The summed E-state index contributed by atoms with van der Waals surface area (Å²) in [6.45, 7) is 0. The number of nitrogens with two attached hydrogens (primary N) is 1. The molecule has 10 heteroatoms. The van der Waals surface area contributed by atoms with E-state index in [1.54, 1.807) is 0 Å². The molecule has 2 heterocycles. The van der Waals surface area contributed by atoms with E-state index in [1.165, 1.54) is 48.9 Å². The lowest BCUT2D eigenvalue weighted by Gasteiger charge is -2.10. The summed E-state index contributed by atoms with van der Waals surface area (Å²) >= 11 is 0. The first-order chi connectivity index (χ1) is 13.9. The van der Waals surface area contributed by atoms with E-state index in [-0.39, 0.29) is 22.6 Å². The van der Waals surface area contributed by atoms with Gasteiger partial charge in [-0.15, -0.1) is 0 Å². The molecule has 0 amide bonds. The highest BCUT2D eigenvalue weighted by molar-refractivity contribution is 7.92. The maximum Gasteiger partial charge on any atom is 0.264 e. The zero-order valence-corrected chi connectivity index (χ0v) is 15.6. The van der Waals surface area contributed by atoms with Crippen LogP contribution in [0.2, 0.25) is 0 Å². The molecule has 0 saturated heterocycles. The second-order valence-electron chi connectivity index (χ2n) is 6.13. The minimum absolute atomic E-state index is 0.114. The molecule has 2 aromatic heterocycles. The monoisotopic (exact) mass is 411 g/mol. The summed E-state index contributed by atoms with van der Waals surface area (Å²) in [5, 5.41) is 0.384. The average molecular weight is 411 g/mol. The van der Waals surface area contributed by atoms with Crippen molar-refractivity contribution >= 4 is 38.3 Å². The van der Waals surface area contributed by atoms with Gasteiger partial charge in [-0.25, -0.2) is 22.8 Å². The molecular weight excluding hydrogens is 397 g/mol. The van der Waals surface area contributed by atoms with Crippen LogP contribution < -0.4 is 10.5 Å². The van der Waals surface area contributed by atoms with Crippen LogP contribution in [-0.4, -0.2) is 29.2 Å². The number of sulfonamides is 1. The predicted molar refractivity (Wildman–Crippen MR) is 105 cm³/mol. The normalized spacial score (nSPS) is 11.5. The third kappa shape index (κ3) is 3.41. The van der Waals surface area contributed by atoms with E-state index < -0.39 is 26.5 Å². The van der Waals surface area contributed by atoms with Crippen molar-refractivity contribution in [2.24, 2.45) is 0 Å². The van der Waals surface area contributed by atoms with E-state index >= 15 is 0 Å². The van der Waals surface area contributed by atoms with Gasteiger partial charge in [0.25, 0.3) is 10.0 Å². The van der Waals surface area contributed by atoms with Crippen LogP contribution in [0.15, 0.2) is 66.0 Å². The van der Waals surface area contributed by atoms with Crippen LogP contribution in [-0.2, 0) is 10.0 Å². The lowest BCUT2D eigenvalue weighted by atomic mass is 10.0. The first-order valence-corrected chi connectivity index (χ1v) is 9.85. The summed E-state index contributed by atoms with van der Waals surface area (Å²) in [4.78, 5) is 23.2. The second kappa shape index (κ2) is 6.99. The molecule has 0 unspecified atom stereocenters. The van der Waals surface area contributed by atoms with Gasteiger partial charge in [0.15, 0.2) is 5.78 Å². The van der Waals surface area contributed by atoms with Gasteiger partial charge in [-0.1, -0.05) is 24.3 Å². The van der Waals surface area contributed by atoms with Crippen molar-refractivity contribution < 1.29 is 17.6 Å². The number of nitrogens with one attached hydrogen (secondary N) is 2. The highest BCUT2D eigenvalue weighted by Crippen LogP contribution is 2.25. The molecule has 0 aliphatic carbocycles. The summed E-state index contributed by atoms with van der Waals surface area (Å²) in [5.74, 6) is -1.12. The summed E-state index contributed by atoms with van der Waals surface area (Å²) in [6.07, 6.45) is 2.74. The molecule has 0 bridgehead atoms. The number of anilines is 2. The number of aromatic amines is 1. The largest absolute Gasteiger partial charge is 0.383 e. The van der Waals surface area contributed by atoms with Crippen molar-refractivity contribution in [3.05, 3.63) is 78.0 Å². The SMILES string of the molecule is Nc1ncnc2[nH]cc(C(=O)c3cccc(NS(=O)(=O)c4ccccc4F)c3)c12. The van der Waals surface area contributed by atoms with Crippen LogP contribution in [0.3, 0.4) is 0 Å². The molecule has 29 heavy (non-hydrogen) atoms. The lowest BCUT2D eigenvalue weighted by Crippen LogP contribution is -2.15. The molecule has 0 aliphatic heterocycles. The Morgan fingerprint density at radius 2 is 1.90 bits per heavy atom. The second-order valence-corrected chi connectivity index (χ2v) is 7.78. The van der Waals surface area contributed by atoms with Crippen molar-refractivity contribution in [1.82, 2.24) is 15.0 Å². The number of H-pyrrole nitrogens is 1. The third-order valence-corrected chi connectivity index (χ3v) is 5.66. The fourth-order valence-electron chi connectivity index (χ4n) is 2.92. The topological polar surface area (TPSA) is 131 Å². The number of ketones is 1. The molecule has 0 radical (unpaired) electrons. The van der Waals surface area contributed by atoms with Crippen LogP contribution in [0, 0.1) is 5.82 Å². The number of nitrogens with zero attached hydrogens (tertiary/aromatic N) is 2. The van der Waals surface area contributed by atoms with Crippen LogP contribution in [0.25, 0.3) is 11.0 Å². The smallest absolute Gasteiger partial charge is 0.264 e. The van der Waals surface area contributed by atoms with Crippen LogP contribution in [0.5, 0.6) is 0 Å². The Balaban J connectivity index is 1.69. The number of halogens is 1. The molecule has 146 valence electrons. The van der Waals surface area contributed by atoms with E-state index in [4.69, 9.17) is 5.73 Å². The number of hydrogen-bond acceptors (Lipinski definition) is 6. The van der Waals surface area contributed by atoms with Gasteiger partial charge in [-0.05, 0) is 24.3 Å². The molecule has 0 saturated carbocycles. The van der Waals surface area contributed by atoms with Crippen molar-refractivity contribution in [2.45, 2.75) is 4.90 Å². The van der Waals surface area contributed by atoms with Gasteiger partial charge in [-0.2, -0.15) is 0 Å². The average Bonchev–Trinajstić information content (AvgIpc) is 3.13. The zero-order chi connectivity index (χ0) is 20.6. The molecule has 4 aromatic rings. The molecule has 4 rings (SSSR count). The molecule has 0 fully saturated rings. The number of fused-ring (bicyclic) bond motifs is 1. The number of aromatic nitrogens is 3. The maximum absolute atomic E-state index is 13.9. The quantitative estimate of drug-likeness (QED) is 0.433. The molecule has 0 spiro atoms. The molecule has 0 aliphatic rings.